The van der Waals surface area contributed by atoms with Gasteiger partial charge in [-0.3, -0.25) is 4.98 Å². The van der Waals surface area contributed by atoms with Crippen LogP contribution in [0.25, 0.3) is 0 Å². The first-order valence-corrected chi connectivity index (χ1v) is 6.70. The average Bonchev–Trinajstić information content (AvgIpc) is 2.52. The molecule has 2 aromatic rings. The minimum atomic E-state index is 0.277. The molecule has 0 aliphatic carbocycles. The molecule has 1 atom stereocenters. The summed E-state index contributed by atoms with van der Waals surface area (Å²) in [6.07, 6.45) is 3.61. The quantitative estimate of drug-likeness (QED) is 0.787. The van der Waals surface area contributed by atoms with Crippen LogP contribution in [-0.4, -0.2) is 25.2 Å². The van der Waals surface area contributed by atoms with Gasteiger partial charge in [-0.05, 0) is 36.8 Å². The minimum Gasteiger partial charge on any atom is -0.493 e. The van der Waals surface area contributed by atoms with Crippen LogP contribution in [0, 0.1) is 0 Å². The summed E-state index contributed by atoms with van der Waals surface area (Å²) in [5.74, 6) is 1.53. The number of para-hydroxylation sites is 2. The Labute approximate surface area is 119 Å². The molecule has 0 amide bonds. The van der Waals surface area contributed by atoms with E-state index in [0.717, 1.165) is 18.0 Å². The molecule has 0 aliphatic rings. The summed E-state index contributed by atoms with van der Waals surface area (Å²) >= 11 is 0. The van der Waals surface area contributed by atoms with Gasteiger partial charge in [0.05, 0.1) is 7.11 Å². The van der Waals surface area contributed by atoms with Crippen LogP contribution in [0.3, 0.4) is 0 Å². The number of ether oxygens (including phenoxy) is 2. The van der Waals surface area contributed by atoms with Crippen molar-refractivity contribution in [1.82, 2.24) is 10.3 Å². The first-order valence-electron chi connectivity index (χ1n) is 6.70. The highest BCUT2D eigenvalue weighted by Crippen LogP contribution is 2.25. The second-order valence-corrected chi connectivity index (χ2v) is 4.46. The van der Waals surface area contributed by atoms with E-state index < -0.39 is 0 Å². The van der Waals surface area contributed by atoms with E-state index in [0.29, 0.717) is 6.61 Å². The predicted molar refractivity (Wildman–Crippen MR) is 79.1 cm³/mol. The van der Waals surface area contributed by atoms with Crippen molar-refractivity contribution in [3.8, 4) is 11.5 Å². The van der Waals surface area contributed by atoms with E-state index in [1.54, 1.807) is 19.5 Å². The maximum Gasteiger partial charge on any atom is 0.161 e. The highest BCUT2D eigenvalue weighted by molar-refractivity contribution is 5.39. The lowest BCUT2D eigenvalue weighted by molar-refractivity contribution is 0.288. The summed E-state index contributed by atoms with van der Waals surface area (Å²) in [7, 11) is 1.64. The number of nitrogens with one attached hydrogen (secondary N) is 1. The molecule has 2 rings (SSSR count). The summed E-state index contributed by atoms with van der Waals surface area (Å²) in [6.45, 7) is 3.48. The molecule has 106 valence electrons. The molecule has 20 heavy (non-hydrogen) atoms. The van der Waals surface area contributed by atoms with Crippen molar-refractivity contribution in [1.29, 1.82) is 0 Å². The SMILES string of the molecule is COc1ccccc1OCCN[C@H](C)c1ccncc1. The Balaban J connectivity index is 1.76. The lowest BCUT2D eigenvalue weighted by Gasteiger charge is -2.15. The lowest BCUT2D eigenvalue weighted by atomic mass is 10.1. The zero-order valence-electron chi connectivity index (χ0n) is 11.9. The third-order valence-electron chi connectivity index (χ3n) is 3.09. The van der Waals surface area contributed by atoms with Crippen LogP contribution in [0.2, 0.25) is 0 Å². The van der Waals surface area contributed by atoms with Crippen molar-refractivity contribution in [2.24, 2.45) is 0 Å². The van der Waals surface area contributed by atoms with E-state index in [4.69, 9.17) is 9.47 Å². The molecule has 0 unspecified atom stereocenters. The summed E-state index contributed by atoms with van der Waals surface area (Å²) < 4.78 is 11.0. The van der Waals surface area contributed by atoms with Crippen LogP contribution in [0.4, 0.5) is 0 Å². The molecule has 0 fully saturated rings. The molecule has 0 aliphatic heterocycles. The van der Waals surface area contributed by atoms with Crippen LogP contribution >= 0.6 is 0 Å². The van der Waals surface area contributed by atoms with Gasteiger partial charge in [0.15, 0.2) is 11.5 Å². The van der Waals surface area contributed by atoms with Crippen molar-refractivity contribution >= 4 is 0 Å². The molecule has 0 radical (unpaired) electrons. The van der Waals surface area contributed by atoms with Gasteiger partial charge in [0.2, 0.25) is 0 Å². The van der Waals surface area contributed by atoms with Gasteiger partial charge in [-0.15, -0.1) is 0 Å². The number of aromatic nitrogens is 1. The number of nitrogens with zero attached hydrogens (tertiary/aromatic N) is 1. The summed E-state index contributed by atoms with van der Waals surface area (Å²) in [5, 5.41) is 3.41. The fraction of sp³-hybridized carbons (Fsp3) is 0.312. The Bertz CT molecular complexity index is 517. The fourth-order valence-electron chi connectivity index (χ4n) is 1.94. The van der Waals surface area contributed by atoms with Crippen LogP contribution in [0.15, 0.2) is 48.8 Å². The van der Waals surface area contributed by atoms with Crippen LogP contribution in [0.1, 0.15) is 18.5 Å². The van der Waals surface area contributed by atoms with Crippen molar-refractivity contribution in [3.63, 3.8) is 0 Å². The van der Waals surface area contributed by atoms with Gasteiger partial charge in [0, 0.05) is 25.0 Å². The number of rotatable bonds is 7. The summed E-state index contributed by atoms with van der Waals surface area (Å²) in [5.41, 5.74) is 1.22. The topological polar surface area (TPSA) is 43.4 Å². The van der Waals surface area contributed by atoms with Gasteiger partial charge in [-0.1, -0.05) is 12.1 Å². The number of benzene rings is 1. The van der Waals surface area contributed by atoms with E-state index in [1.165, 1.54) is 5.56 Å². The van der Waals surface area contributed by atoms with Gasteiger partial charge >= 0.3 is 0 Å². The van der Waals surface area contributed by atoms with Gasteiger partial charge in [0.1, 0.15) is 6.61 Å². The molecule has 4 heteroatoms. The first-order chi connectivity index (χ1) is 9.81. The highest BCUT2D eigenvalue weighted by atomic mass is 16.5. The third-order valence-corrected chi connectivity index (χ3v) is 3.09. The molecule has 0 saturated carbocycles. The maximum absolute atomic E-state index is 5.71. The highest BCUT2D eigenvalue weighted by Gasteiger charge is 2.05. The monoisotopic (exact) mass is 272 g/mol. The predicted octanol–water partition coefficient (Wildman–Crippen LogP) is 2.82. The Morgan fingerprint density at radius 2 is 1.80 bits per heavy atom. The molecular weight excluding hydrogens is 252 g/mol. The number of hydrogen-bond donors (Lipinski definition) is 1. The lowest BCUT2D eigenvalue weighted by Crippen LogP contribution is -2.24. The first kappa shape index (κ1) is 14.3. The van der Waals surface area contributed by atoms with Crippen molar-refractivity contribution < 1.29 is 9.47 Å². The van der Waals surface area contributed by atoms with Crippen molar-refractivity contribution in [2.45, 2.75) is 13.0 Å². The Morgan fingerprint density at radius 3 is 2.50 bits per heavy atom. The van der Waals surface area contributed by atoms with Gasteiger partial charge < -0.3 is 14.8 Å². The Hall–Kier alpha value is -2.07. The standard InChI is InChI=1S/C16H20N2O2/c1-13(14-7-9-17-10-8-14)18-11-12-20-16-6-4-3-5-15(16)19-2/h3-10,13,18H,11-12H2,1-2H3/t13-/m1/s1. The molecule has 0 bridgehead atoms. The van der Waals surface area contributed by atoms with Crippen LogP contribution in [0.5, 0.6) is 11.5 Å². The second kappa shape index (κ2) is 7.50. The van der Waals surface area contributed by atoms with Crippen molar-refractivity contribution in [2.75, 3.05) is 20.3 Å². The fourth-order valence-corrected chi connectivity index (χ4v) is 1.94. The van der Waals surface area contributed by atoms with Crippen molar-refractivity contribution in [3.05, 3.63) is 54.4 Å². The number of pyridine rings is 1. The van der Waals surface area contributed by atoms with E-state index >= 15 is 0 Å². The van der Waals surface area contributed by atoms with Gasteiger partial charge in [0.25, 0.3) is 0 Å². The molecule has 1 aromatic carbocycles. The molecule has 1 N–H and O–H groups in total. The van der Waals surface area contributed by atoms with E-state index in [9.17, 15) is 0 Å². The Morgan fingerprint density at radius 1 is 1.10 bits per heavy atom. The minimum absolute atomic E-state index is 0.277. The van der Waals surface area contributed by atoms with Gasteiger partial charge in [-0.2, -0.15) is 0 Å². The molecule has 4 nitrogen and oxygen atoms in total. The van der Waals surface area contributed by atoms with E-state index in [2.05, 4.69) is 17.2 Å². The smallest absolute Gasteiger partial charge is 0.161 e. The third kappa shape index (κ3) is 3.96. The molecule has 1 aromatic heterocycles. The van der Waals surface area contributed by atoms with Crippen LogP contribution in [-0.2, 0) is 0 Å². The maximum atomic E-state index is 5.71. The Kier molecular flexibility index (Phi) is 5.38. The molecular formula is C16H20N2O2. The van der Waals surface area contributed by atoms with E-state index in [1.807, 2.05) is 36.4 Å². The zero-order valence-corrected chi connectivity index (χ0v) is 11.9. The normalized spacial score (nSPS) is 11.9. The number of hydrogen-bond acceptors (Lipinski definition) is 4. The van der Waals surface area contributed by atoms with Gasteiger partial charge in [-0.25, -0.2) is 0 Å². The largest absolute Gasteiger partial charge is 0.493 e. The summed E-state index contributed by atoms with van der Waals surface area (Å²) in [4.78, 5) is 4.02. The van der Waals surface area contributed by atoms with E-state index in [-0.39, 0.29) is 6.04 Å². The average molecular weight is 272 g/mol. The molecule has 1 heterocycles. The zero-order chi connectivity index (χ0) is 14.2. The van der Waals surface area contributed by atoms with Crippen LogP contribution < -0.4 is 14.8 Å². The second-order valence-electron chi connectivity index (χ2n) is 4.46. The number of methoxy groups -OCH3 is 1. The summed E-state index contributed by atoms with van der Waals surface area (Å²) in [6, 6.07) is 12.0. The molecule has 0 spiro atoms. The molecule has 0 saturated heterocycles.